The Morgan fingerprint density at radius 1 is 1.29 bits per heavy atom. The Kier molecular flexibility index (Phi) is 3.77. The Labute approximate surface area is 95.5 Å². The number of aromatic carboxylic acids is 1. The molecule has 1 aromatic rings. The molecule has 0 saturated heterocycles. The number of halogens is 2. The van der Waals surface area contributed by atoms with Gasteiger partial charge in [-0.2, -0.15) is 0 Å². The molecule has 0 aliphatic heterocycles. The van der Waals surface area contributed by atoms with Crippen molar-refractivity contribution in [1.82, 2.24) is 0 Å². The van der Waals surface area contributed by atoms with E-state index in [1.165, 1.54) is 6.92 Å². The zero-order valence-corrected chi connectivity index (χ0v) is 8.91. The molecular weight excluding hydrogens is 234 g/mol. The van der Waals surface area contributed by atoms with Crippen molar-refractivity contribution in [1.29, 1.82) is 0 Å². The third-order valence-corrected chi connectivity index (χ3v) is 2.28. The first-order valence-electron chi connectivity index (χ1n) is 4.77. The summed E-state index contributed by atoms with van der Waals surface area (Å²) < 4.78 is 26.1. The van der Waals surface area contributed by atoms with Crippen LogP contribution in [0.15, 0.2) is 12.1 Å². The Morgan fingerprint density at radius 3 is 2.35 bits per heavy atom. The van der Waals surface area contributed by atoms with Gasteiger partial charge < -0.3 is 10.2 Å². The SMILES string of the molecule is CC(Cc1cc(F)c(F)c(C(=O)O)c1)C(=O)O. The van der Waals surface area contributed by atoms with Crippen molar-refractivity contribution in [2.45, 2.75) is 13.3 Å². The van der Waals surface area contributed by atoms with Crippen molar-refractivity contribution in [2.75, 3.05) is 0 Å². The molecule has 0 amide bonds. The van der Waals surface area contributed by atoms with Gasteiger partial charge in [-0.3, -0.25) is 4.79 Å². The van der Waals surface area contributed by atoms with E-state index < -0.39 is 35.1 Å². The molecule has 0 aliphatic rings. The fourth-order valence-electron chi connectivity index (χ4n) is 1.36. The van der Waals surface area contributed by atoms with Crippen LogP contribution < -0.4 is 0 Å². The van der Waals surface area contributed by atoms with E-state index in [0.717, 1.165) is 12.1 Å². The van der Waals surface area contributed by atoms with Gasteiger partial charge in [0.15, 0.2) is 11.6 Å². The van der Waals surface area contributed by atoms with E-state index in [2.05, 4.69) is 0 Å². The number of benzene rings is 1. The Bertz CT molecular complexity index is 471. The highest BCUT2D eigenvalue weighted by atomic mass is 19.2. The number of aliphatic carboxylic acids is 1. The predicted octanol–water partition coefficient (Wildman–Crippen LogP) is 1.93. The van der Waals surface area contributed by atoms with E-state index in [4.69, 9.17) is 10.2 Å². The molecule has 0 aromatic heterocycles. The molecule has 2 N–H and O–H groups in total. The lowest BCUT2D eigenvalue weighted by Crippen LogP contribution is -2.13. The Hall–Kier alpha value is -1.98. The molecule has 6 heteroatoms. The zero-order chi connectivity index (χ0) is 13.2. The van der Waals surface area contributed by atoms with Gasteiger partial charge >= 0.3 is 11.9 Å². The number of carbonyl (C=O) groups is 2. The molecule has 92 valence electrons. The normalized spacial score (nSPS) is 12.2. The van der Waals surface area contributed by atoms with Crippen molar-refractivity contribution in [3.05, 3.63) is 34.9 Å². The summed E-state index contributed by atoms with van der Waals surface area (Å²) in [6, 6.07) is 1.75. The minimum atomic E-state index is -1.59. The van der Waals surface area contributed by atoms with E-state index in [1.54, 1.807) is 0 Å². The summed E-state index contributed by atoms with van der Waals surface area (Å²) in [6.07, 6.45) is -0.0627. The van der Waals surface area contributed by atoms with Gasteiger partial charge in [0.25, 0.3) is 0 Å². The molecule has 1 atom stereocenters. The third kappa shape index (κ3) is 2.99. The van der Waals surface area contributed by atoms with Gasteiger partial charge in [0.05, 0.1) is 11.5 Å². The molecule has 0 spiro atoms. The first kappa shape index (κ1) is 13.1. The van der Waals surface area contributed by atoms with Crippen molar-refractivity contribution in [2.24, 2.45) is 5.92 Å². The van der Waals surface area contributed by atoms with Gasteiger partial charge in [0.1, 0.15) is 0 Å². The molecule has 1 aromatic carbocycles. The van der Waals surface area contributed by atoms with E-state index >= 15 is 0 Å². The molecule has 1 unspecified atom stereocenters. The molecule has 17 heavy (non-hydrogen) atoms. The van der Waals surface area contributed by atoms with E-state index in [0.29, 0.717) is 0 Å². The lowest BCUT2D eigenvalue weighted by atomic mass is 9.99. The third-order valence-electron chi connectivity index (χ3n) is 2.28. The van der Waals surface area contributed by atoms with Gasteiger partial charge in [-0.05, 0) is 24.1 Å². The van der Waals surface area contributed by atoms with Crippen LogP contribution in [0.4, 0.5) is 8.78 Å². The molecule has 0 aliphatic carbocycles. The van der Waals surface area contributed by atoms with Crippen LogP contribution in [-0.2, 0) is 11.2 Å². The van der Waals surface area contributed by atoms with Crippen LogP contribution in [0.5, 0.6) is 0 Å². The fourth-order valence-corrected chi connectivity index (χ4v) is 1.36. The average molecular weight is 244 g/mol. The standard InChI is InChI=1S/C11H10F2O4/c1-5(10(14)15)2-6-3-7(11(16)17)9(13)8(12)4-6/h3-5H,2H2,1H3,(H,14,15)(H,16,17). The second-order valence-corrected chi connectivity index (χ2v) is 3.69. The van der Waals surface area contributed by atoms with Gasteiger partial charge in [-0.1, -0.05) is 6.92 Å². The second-order valence-electron chi connectivity index (χ2n) is 3.69. The van der Waals surface area contributed by atoms with Crippen LogP contribution in [0.2, 0.25) is 0 Å². The topological polar surface area (TPSA) is 74.6 Å². The minimum Gasteiger partial charge on any atom is -0.481 e. The lowest BCUT2D eigenvalue weighted by molar-refractivity contribution is -0.141. The maximum atomic E-state index is 13.1. The van der Waals surface area contributed by atoms with Crippen LogP contribution in [0, 0.1) is 17.6 Å². The average Bonchev–Trinajstić information content (AvgIpc) is 2.22. The number of rotatable bonds is 4. The monoisotopic (exact) mass is 244 g/mol. The first-order chi connectivity index (χ1) is 7.82. The Morgan fingerprint density at radius 2 is 1.88 bits per heavy atom. The number of hydrogen-bond donors (Lipinski definition) is 2. The Balaban J connectivity index is 3.11. The van der Waals surface area contributed by atoms with Crippen molar-refractivity contribution in [3.8, 4) is 0 Å². The number of hydrogen-bond acceptors (Lipinski definition) is 2. The van der Waals surface area contributed by atoms with Crippen molar-refractivity contribution < 1.29 is 28.6 Å². The predicted molar refractivity (Wildman–Crippen MR) is 53.8 cm³/mol. The van der Waals surface area contributed by atoms with Gasteiger partial charge in [-0.15, -0.1) is 0 Å². The van der Waals surface area contributed by atoms with Gasteiger partial charge in [0, 0.05) is 0 Å². The molecule has 4 nitrogen and oxygen atoms in total. The van der Waals surface area contributed by atoms with Crippen molar-refractivity contribution >= 4 is 11.9 Å². The van der Waals surface area contributed by atoms with Crippen LogP contribution in [0.3, 0.4) is 0 Å². The van der Waals surface area contributed by atoms with Gasteiger partial charge in [0.2, 0.25) is 0 Å². The first-order valence-corrected chi connectivity index (χ1v) is 4.77. The smallest absolute Gasteiger partial charge is 0.338 e. The maximum absolute atomic E-state index is 13.1. The van der Waals surface area contributed by atoms with Crippen LogP contribution in [-0.4, -0.2) is 22.2 Å². The molecule has 0 radical (unpaired) electrons. The molecule has 0 bridgehead atoms. The van der Waals surface area contributed by atoms with E-state index in [1.807, 2.05) is 0 Å². The molecule has 1 rings (SSSR count). The minimum absolute atomic E-state index is 0.0627. The number of carboxylic acid groups (broad SMARTS) is 2. The summed E-state index contributed by atoms with van der Waals surface area (Å²) in [5.74, 6) is -6.22. The highest BCUT2D eigenvalue weighted by Gasteiger charge is 2.19. The largest absolute Gasteiger partial charge is 0.481 e. The molecule has 0 heterocycles. The van der Waals surface area contributed by atoms with Crippen molar-refractivity contribution in [3.63, 3.8) is 0 Å². The lowest BCUT2D eigenvalue weighted by Gasteiger charge is -2.08. The summed E-state index contributed by atoms with van der Waals surface area (Å²) in [5, 5.41) is 17.3. The summed E-state index contributed by atoms with van der Waals surface area (Å²) in [5.41, 5.74) is -0.659. The van der Waals surface area contributed by atoms with E-state index in [-0.39, 0.29) is 12.0 Å². The summed E-state index contributed by atoms with van der Waals surface area (Å²) in [4.78, 5) is 21.2. The zero-order valence-electron chi connectivity index (χ0n) is 8.91. The molecular formula is C11H10F2O4. The molecule has 0 saturated carbocycles. The molecule has 0 fully saturated rings. The van der Waals surface area contributed by atoms with E-state index in [9.17, 15) is 18.4 Å². The van der Waals surface area contributed by atoms with Crippen LogP contribution in [0.25, 0.3) is 0 Å². The summed E-state index contributed by atoms with van der Waals surface area (Å²) in [7, 11) is 0. The van der Waals surface area contributed by atoms with Gasteiger partial charge in [-0.25, -0.2) is 13.6 Å². The summed E-state index contributed by atoms with van der Waals surface area (Å²) >= 11 is 0. The highest BCUT2D eigenvalue weighted by molar-refractivity contribution is 5.88. The second kappa shape index (κ2) is 4.90. The van der Waals surface area contributed by atoms with Crippen LogP contribution >= 0.6 is 0 Å². The highest BCUT2D eigenvalue weighted by Crippen LogP contribution is 2.18. The number of carboxylic acids is 2. The quantitative estimate of drug-likeness (QED) is 0.848. The van der Waals surface area contributed by atoms with Crippen LogP contribution in [0.1, 0.15) is 22.8 Å². The maximum Gasteiger partial charge on any atom is 0.338 e. The fraction of sp³-hybridized carbons (Fsp3) is 0.273. The summed E-state index contributed by atoms with van der Waals surface area (Å²) in [6.45, 7) is 1.39.